The maximum atomic E-state index is 12.0. The van der Waals surface area contributed by atoms with Crippen molar-refractivity contribution in [2.45, 2.75) is 6.04 Å². The lowest BCUT2D eigenvalue weighted by Crippen LogP contribution is -2.59. The number of ether oxygens (including phenoxy) is 2. The van der Waals surface area contributed by atoms with E-state index in [1.54, 1.807) is 23.1 Å². The first-order chi connectivity index (χ1) is 9.22. The van der Waals surface area contributed by atoms with Crippen molar-refractivity contribution in [1.82, 2.24) is 5.32 Å². The number of nitrogens with zero attached hydrogens (tertiary/aromatic N) is 1. The van der Waals surface area contributed by atoms with E-state index < -0.39 is 5.97 Å². The lowest BCUT2D eigenvalue weighted by atomic mass is 10.1. The maximum absolute atomic E-state index is 12.0. The first-order valence-corrected chi connectivity index (χ1v) is 6.09. The van der Waals surface area contributed by atoms with Gasteiger partial charge in [-0.3, -0.25) is 9.69 Å². The molecule has 0 bridgehead atoms. The van der Waals surface area contributed by atoms with Crippen LogP contribution in [-0.2, 0) is 9.53 Å². The van der Waals surface area contributed by atoms with Gasteiger partial charge in [0.25, 0.3) is 0 Å². The van der Waals surface area contributed by atoms with Crippen molar-refractivity contribution < 1.29 is 19.1 Å². The predicted octanol–water partition coefficient (Wildman–Crippen LogP) is 0.170. The summed E-state index contributed by atoms with van der Waals surface area (Å²) in [7, 11) is 1.32. The normalized spacial score (nSPS) is 21.2. The lowest BCUT2D eigenvalue weighted by molar-refractivity contribution is -0.119. The highest BCUT2D eigenvalue weighted by Crippen LogP contribution is 2.37. The summed E-state index contributed by atoms with van der Waals surface area (Å²) in [5.41, 5.74) is 0.996. The van der Waals surface area contributed by atoms with Crippen molar-refractivity contribution in [3.05, 3.63) is 23.8 Å². The number of rotatable bonds is 1. The minimum absolute atomic E-state index is 0.0113. The zero-order valence-electron chi connectivity index (χ0n) is 10.5. The third-order valence-corrected chi connectivity index (χ3v) is 3.37. The number of amides is 1. The molecule has 1 N–H and O–H groups in total. The molecule has 0 saturated carbocycles. The zero-order valence-corrected chi connectivity index (χ0v) is 10.5. The van der Waals surface area contributed by atoms with Crippen LogP contribution in [0.15, 0.2) is 18.2 Å². The quantitative estimate of drug-likeness (QED) is 0.731. The molecule has 1 unspecified atom stereocenters. The van der Waals surface area contributed by atoms with E-state index in [9.17, 15) is 9.59 Å². The topological polar surface area (TPSA) is 67.9 Å². The summed E-state index contributed by atoms with van der Waals surface area (Å²) >= 11 is 0. The largest absolute Gasteiger partial charge is 0.488 e. The van der Waals surface area contributed by atoms with Gasteiger partial charge in [-0.05, 0) is 12.1 Å². The van der Waals surface area contributed by atoms with Crippen LogP contribution < -0.4 is 15.0 Å². The van der Waals surface area contributed by atoms with Gasteiger partial charge in [-0.2, -0.15) is 0 Å². The molecule has 6 nitrogen and oxygen atoms in total. The van der Waals surface area contributed by atoms with Crippen molar-refractivity contribution in [3.63, 3.8) is 0 Å². The van der Waals surface area contributed by atoms with E-state index in [1.807, 2.05) is 0 Å². The Labute approximate surface area is 110 Å². The average Bonchev–Trinajstić information content (AvgIpc) is 2.45. The van der Waals surface area contributed by atoms with Gasteiger partial charge in [-0.15, -0.1) is 0 Å². The van der Waals surface area contributed by atoms with Crippen LogP contribution in [-0.4, -0.2) is 44.7 Å². The van der Waals surface area contributed by atoms with E-state index in [-0.39, 0.29) is 11.9 Å². The van der Waals surface area contributed by atoms with Crippen molar-refractivity contribution >= 4 is 17.6 Å². The minimum Gasteiger partial charge on any atom is -0.488 e. The molecule has 1 atom stereocenters. The second-order valence-electron chi connectivity index (χ2n) is 4.50. The van der Waals surface area contributed by atoms with Gasteiger partial charge in [0.15, 0.2) is 5.75 Å². The van der Waals surface area contributed by atoms with Crippen molar-refractivity contribution in [3.8, 4) is 5.75 Å². The lowest BCUT2D eigenvalue weighted by Gasteiger charge is -2.40. The summed E-state index contributed by atoms with van der Waals surface area (Å²) in [6.45, 7) is 1.37. The Morgan fingerprint density at radius 3 is 3.16 bits per heavy atom. The van der Waals surface area contributed by atoms with Crippen LogP contribution >= 0.6 is 0 Å². The smallest absolute Gasteiger partial charge is 0.341 e. The van der Waals surface area contributed by atoms with E-state index in [2.05, 4.69) is 5.32 Å². The number of nitrogens with one attached hydrogen (secondary N) is 1. The number of fused-ring (bicyclic) bond motifs is 3. The molecule has 2 aliphatic rings. The van der Waals surface area contributed by atoms with Gasteiger partial charge in [0, 0.05) is 6.54 Å². The SMILES string of the molecule is COC(=O)c1cccc2c1OCC1CNCC(=O)N21. The Morgan fingerprint density at radius 2 is 2.37 bits per heavy atom. The van der Waals surface area contributed by atoms with Gasteiger partial charge in [-0.25, -0.2) is 4.79 Å². The Hall–Kier alpha value is -2.08. The second-order valence-corrected chi connectivity index (χ2v) is 4.50. The second kappa shape index (κ2) is 4.55. The van der Waals surface area contributed by atoms with Crippen LogP contribution in [0.25, 0.3) is 0 Å². The number of piperazine rings is 1. The first-order valence-electron chi connectivity index (χ1n) is 6.09. The fourth-order valence-corrected chi connectivity index (χ4v) is 2.51. The Morgan fingerprint density at radius 1 is 1.53 bits per heavy atom. The average molecular weight is 262 g/mol. The van der Waals surface area contributed by atoms with E-state index in [0.29, 0.717) is 36.7 Å². The fraction of sp³-hybridized carbons (Fsp3) is 0.385. The molecule has 1 amide bonds. The monoisotopic (exact) mass is 262 g/mol. The highest BCUT2D eigenvalue weighted by Gasteiger charge is 2.36. The zero-order chi connectivity index (χ0) is 13.4. The summed E-state index contributed by atoms with van der Waals surface area (Å²) in [4.78, 5) is 25.5. The summed E-state index contributed by atoms with van der Waals surface area (Å²) in [6, 6.07) is 5.13. The maximum Gasteiger partial charge on any atom is 0.341 e. The third kappa shape index (κ3) is 1.84. The van der Waals surface area contributed by atoms with Crippen LogP contribution in [0.5, 0.6) is 5.75 Å². The van der Waals surface area contributed by atoms with Gasteiger partial charge >= 0.3 is 5.97 Å². The molecule has 1 fully saturated rings. The summed E-state index contributed by atoms with van der Waals surface area (Å²) in [5.74, 6) is -0.0402. The molecule has 0 aliphatic carbocycles. The molecule has 6 heteroatoms. The minimum atomic E-state index is -0.460. The number of methoxy groups -OCH3 is 1. The van der Waals surface area contributed by atoms with Crippen molar-refractivity contribution in [1.29, 1.82) is 0 Å². The van der Waals surface area contributed by atoms with Gasteiger partial charge in [0.05, 0.1) is 25.4 Å². The molecule has 3 rings (SSSR count). The number of carbonyl (C=O) groups is 2. The summed E-state index contributed by atoms with van der Waals surface area (Å²) in [5, 5.41) is 3.05. The van der Waals surface area contributed by atoms with Crippen LogP contribution in [0.2, 0.25) is 0 Å². The van der Waals surface area contributed by atoms with E-state index in [0.717, 1.165) is 0 Å². The van der Waals surface area contributed by atoms with E-state index in [1.165, 1.54) is 7.11 Å². The fourth-order valence-electron chi connectivity index (χ4n) is 2.51. The molecular formula is C13H14N2O4. The van der Waals surface area contributed by atoms with Gasteiger partial charge in [-0.1, -0.05) is 6.07 Å². The van der Waals surface area contributed by atoms with E-state index in [4.69, 9.17) is 9.47 Å². The Bertz CT molecular complexity index is 543. The van der Waals surface area contributed by atoms with Crippen LogP contribution in [0.1, 0.15) is 10.4 Å². The number of hydrogen-bond acceptors (Lipinski definition) is 5. The van der Waals surface area contributed by atoms with Crippen molar-refractivity contribution in [2.24, 2.45) is 0 Å². The summed E-state index contributed by atoms with van der Waals surface area (Å²) < 4.78 is 10.4. The Balaban J connectivity index is 2.08. The number of esters is 1. The van der Waals surface area contributed by atoms with Gasteiger partial charge in [0.2, 0.25) is 5.91 Å². The molecule has 2 aliphatic heterocycles. The first kappa shape index (κ1) is 12.0. The molecule has 19 heavy (non-hydrogen) atoms. The van der Waals surface area contributed by atoms with Crippen molar-refractivity contribution in [2.75, 3.05) is 31.7 Å². The number of para-hydroxylation sites is 1. The molecule has 0 radical (unpaired) electrons. The van der Waals surface area contributed by atoms with Gasteiger partial charge < -0.3 is 14.8 Å². The molecule has 1 aromatic carbocycles. The molecule has 1 saturated heterocycles. The van der Waals surface area contributed by atoms with Crippen LogP contribution in [0.4, 0.5) is 5.69 Å². The number of hydrogen-bond donors (Lipinski definition) is 1. The standard InChI is InChI=1S/C13H14N2O4/c1-18-13(17)9-3-2-4-10-12(9)19-7-8-5-14-6-11(16)15(8)10/h2-4,8,14H,5-7H2,1H3. The van der Waals surface area contributed by atoms with Crippen LogP contribution in [0, 0.1) is 0 Å². The van der Waals surface area contributed by atoms with Crippen LogP contribution in [0.3, 0.4) is 0 Å². The number of carbonyl (C=O) groups excluding carboxylic acids is 2. The molecule has 100 valence electrons. The molecule has 0 aromatic heterocycles. The molecule has 1 aromatic rings. The molecular weight excluding hydrogens is 248 g/mol. The highest BCUT2D eigenvalue weighted by molar-refractivity contribution is 6.02. The van der Waals surface area contributed by atoms with E-state index >= 15 is 0 Å². The Kier molecular flexibility index (Phi) is 2.87. The predicted molar refractivity (Wildman–Crippen MR) is 67.4 cm³/mol. The third-order valence-electron chi connectivity index (χ3n) is 3.37. The molecule has 2 heterocycles. The summed E-state index contributed by atoms with van der Waals surface area (Å²) in [6.07, 6.45) is 0. The highest BCUT2D eigenvalue weighted by atomic mass is 16.5. The molecule has 0 spiro atoms. The number of benzene rings is 1. The number of anilines is 1. The van der Waals surface area contributed by atoms with Gasteiger partial charge in [0.1, 0.15) is 12.2 Å².